The number of urea groups is 1. The van der Waals surface area contributed by atoms with E-state index in [1.807, 2.05) is 18.4 Å². The van der Waals surface area contributed by atoms with Gasteiger partial charge in [0.05, 0.1) is 25.3 Å². The maximum absolute atomic E-state index is 14.5. The second kappa shape index (κ2) is 8.78. The highest BCUT2D eigenvalue weighted by atomic mass is 32.1. The van der Waals surface area contributed by atoms with E-state index in [9.17, 15) is 9.18 Å². The molecular weight excluding hydrogens is 429 g/mol. The monoisotopic (exact) mass is 455 g/mol. The zero-order valence-corrected chi connectivity index (χ0v) is 19.3. The van der Waals surface area contributed by atoms with Crippen molar-refractivity contribution in [1.82, 2.24) is 9.88 Å². The predicted octanol–water partition coefficient (Wildman–Crippen LogP) is 5.22. The first-order valence-corrected chi connectivity index (χ1v) is 11.2. The number of nitrogens with one attached hydrogen (secondary N) is 1. The van der Waals surface area contributed by atoms with Crippen molar-refractivity contribution in [1.29, 1.82) is 0 Å². The molecule has 6 nitrogen and oxygen atoms in total. The highest BCUT2D eigenvalue weighted by Gasteiger charge is 2.48. The van der Waals surface area contributed by atoms with Crippen molar-refractivity contribution < 1.29 is 18.7 Å². The molecule has 1 aliphatic rings. The Morgan fingerprint density at radius 3 is 2.72 bits per heavy atom. The minimum absolute atomic E-state index is 0.0835. The number of aryl methyl sites for hydroxylation is 1. The molecule has 2 heterocycles. The Bertz CT molecular complexity index is 1120. The number of methoxy groups -OCH3 is 2. The number of hydrogen-bond acceptors (Lipinski definition) is 5. The molecule has 0 radical (unpaired) electrons. The first kappa shape index (κ1) is 22.1. The van der Waals surface area contributed by atoms with Crippen LogP contribution in [0.2, 0.25) is 0 Å². The number of ether oxygens (including phenoxy) is 2. The Morgan fingerprint density at radius 1 is 1.25 bits per heavy atom. The maximum atomic E-state index is 14.5. The molecule has 1 aliphatic heterocycles. The van der Waals surface area contributed by atoms with E-state index in [0.29, 0.717) is 35.7 Å². The van der Waals surface area contributed by atoms with Crippen LogP contribution >= 0.6 is 11.3 Å². The molecule has 8 heteroatoms. The number of anilines is 1. The van der Waals surface area contributed by atoms with E-state index in [-0.39, 0.29) is 17.9 Å². The molecule has 0 spiro atoms. The van der Waals surface area contributed by atoms with Crippen molar-refractivity contribution in [2.75, 3.05) is 26.1 Å². The number of nitrogens with zero attached hydrogens (tertiary/aromatic N) is 2. The fraction of sp³-hybridized carbons (Fsp3) is 0.333. The zero-order valence-electron chi connectivity index (χ0n) is 18.5. The average Bonchev–Trinajstić information content (AvgIpc) is 3.44. The number of halogens is 1. The van der Waals surface area contributed by atoms with Gasteiger partial charge in [0.25, 0.3) is 0 Å². The molecule has 4 rings (SSSR count). The van der Waals surface area contributed by atoms with Crippen molar-refractivity contribution in [3.05, 3.63) is 69.9 Å². The molecule has 168 valence electrons. The number of aromatic nitrogens is 1. The van der Waals surface area contributed by atoms with E-state index >= 15 is 0 Å². The van der Waals surface area contributed by atoms with Gasteiger partial charge in [-0.15, -0.1) is 11.3 Å². The number of amides is 2. The summed E-state index contributed by atoms with van der Waals surface area (Å²) in [5, 5.41) is 5.74. The van der Waals surface area contributed by atoms with Crippen molar-refractivity contribution in [3.63, 3.8) is 0 Å². The highest BCUT2D eigenvalue weighted by molar-refractivity contribution is 7.09. The summed E-state index contributed by atoms with van der Waals surface area (Å²) in [4.78, 5) is 19.7. The van der Waals surface area contributed by atoms with Gasteiger partial charge >= 0.3 is 6.03 Å². The van der Waals surface area contributed by atoms with Gasteiger partial charge in [0.15, 0.2) is 0 Å². The second-order valence-corrected chi connectivity index (χ2v) is 8.96. The van der Waals surface area contributed by atoms with E-state index in [1.165, 1.54) is 11.3 Å². The van der Waals surface area contributed by atoms with Gasteiger partial charge in [-0.1, -0.05) is 12.1 Å². The van der Waals surface area contributed by atoms with Gasteiger partial charge in [0.1, 0.15) is 22.3 Å². The summed E-state index contributed by atoms with van der Waals surface area (Å²) in [5.74, 6) is 0.899. The number of carbonyl (C=O) groups is 1. The van der Waals surface area contributed by atoms with Gasteiger partial charge in [0, 0.05) is 30.2 Å². The van der Waals surface area contributed by atoms with E-state index in [0.717, 1.165) is 10.6 Å². The molecule has 32 heavy (non-hydrogen) atoms. The molecule has 0 bridgehead atoms. The van der Waals surface area contributed by atoms with Crippen molar-refractivity contribution in [3.8, 4) is 11.5 Å². The first-order chi connectivity index (χ1) is 15.4. The molecule has 3 aromatic rings. The number of carbonyl (C=O) groups excluding carboxylic acids is 1. The van der Waals surface area contributed by atoms with Crippen molar-refractivity contribution in [2.45, 2.75) is 31.7 Å². The van der Waals surface area contributed by atoms with Crippen LogP contribution in [-0.4, -0.2) is 42.7 Å². The van der Waals surface area contributed by atoms with Crippen LogP contribution in [0.15, 0.2) is 48.0 Å². The van der Waals surface area contributed by atoms with Gasteiger partial charge in [-0.25, -0.2) is 14.2 Å². The van der Waals surface area contributed by atoms with E-state index in [2.05, 4.69) is 10.3 Å². The van der Waals surface area contributed by atoms with Crippen molar-refractivity contribution in [2.24, 2.45) is 0 Å². The third-order valence-corrected chi connectivity index (χ3v) is 7.07. The molecule has 2 atom stereocenters. The lowest BCUT2D eigenvalue weighted by atomic mass is 9.78. The third-order valence-electron chi connectivity index (χ3n) is 6.09. The van der Waals surface area contributed by atoms with Crippen molar-refractivity contribution >= 4 is 23.1 Å². The molecular formula is C24H26FN3O3S. The molecule has 2 aromatic carbocycles. The van der Waals surface area contributed by atoms with Gasteiger partial charge in [-0.3, -0.25) is 0 Å². The van der Waals surface area contributed by atoms with E-state index in [4.69, 9.17) is 9.47 Å². The summed E-state index contributed by atoms with van der Waals surface area (Å²) >= 11 is 1.53. The largest absolute Gasteiger partial charge is 0.497 e. The summed E-state index contributed by atoms with van der Waals surface area (Å²) in [7, 11) is 3.12. The Balaban J connectivity index is 1.67. The smallest absolute Gasteiger partial charge is 0.322 e. The number of rotatable bonds is 5. The van der Waals surface area contributed by atoms with Crippen LogP contribution in [0.25, 0.3) is 0 Å². The first-order valence-electron chi connectivity index (χ1n) is 10.3. The fourth-order valence-corrected chi connectivity index (χ4v) is 5.20. The molecule has 1 fully saturated rings. The lowest BCUT2D eigenvalue weighted by molar-refractivity contribution is 0.208. The minimum atomic E-state index is -0.572. The highest BCUT2D eigenvalue weighted by Crippen LogP contribution is 2.45. The number of thiazole rings is 1. The minimum Gasteiger partial charge on any atom is -0.497 e. The number of hydrogen-bond donors (Lipinski definition) is 1. The maximum Gasteiger partial charge on any atom is 0.322 e. The summed E-state index contributed by atoms with van der Waals surface area (Å²) in [6.07, 6.45) is 2.40. The van der Waals surface area contributed by atoms with E-state index < -0.39 is 5.41 Å². The quantitative estimate of drug-likeness (QED) is 0.573. The Kier molecular flexibility index (Phi) is 6.06. The van der Waals surface area contributed by atoms with Crippen LogP contribution < -0.4 is 14.8 Å². The molecule has 1 N–H and O–H groups in total. The number of likely N-dealkylation sites (tertiary alicyclic amines) is 1. The second-order valence-electron chi connectivity index (χ2n) is 8.06. The topological polar surface area (TPSA) is 63.7 Å². The Labute approximate surface area is 191 Å². The fourth-order valence-electron chi connectivity index (χ4n) is 4.33. The summed E-state index contributed by atoms with van der Waals surface area (Å²) in [6, 6.07) is 10.2. The standard InChI is InChI=1S/C24H26FN3O3S/c1-15-5-6-17(11-19(15)25)24(22-26-9-10-32-22)13-16(2)28(14-24)23(29)27-20-12-18(30-3)7-8-21(20)31-4/h5-12,16H,13-14H2,1-4H3,(H,27,29)/t16?,24-/m1/s1. The van der Waals surface area contributed by atoms with Crippen LogP contribution in [0.3, 0.4) is 0 Å². The molecule has 1 saturated heterocycles. The predicted molar refractivity (Wildman–Crippen MR) is 123 cm³/mol. The molecule has 2 amide bonds. The van der Waals surface area contributed by atoms with Gasteiger partial charge < -0.3 is 19.7 Å². The van der Waals surface area contributed by atoms with Crippen LogP contribution in [0.1, 0.15) is 29.5 Å². The molecule has 0 aliphatic carbocycles. The lowest BCUT2D eigenvalue weighted by Crippen LogP contribution is -2.39. The van der Waals surface area contributed by atoms with Gasteiger partial charge in [-0.05, 0) is 49.6 Å². The lowest BCUT2D eigenvalue weighted by Gasteiger charge is -2.28. The summed E-state index contributed by atoms with van der Waals surface area (Å²) in [6.45, 7) is 4.14. The zero-order chi connectivity index (χ0) is 22.9. The molecule has 1 unspecified atom stereocenters. The van der Waals surface area contributed by atoms with Crippen LogP contribution in [0, 0.1) is 12.7 Å². The van der Waals surface area contributed by atoms with Crippen LogP contribution in [0.4, 0.5) is 14.9 Å². The summed E-state index contributed by atoms with van der Waals surface area (Å²) in [5.41, 5.74) is 1.38. The third kappa shape index (κ3) is 3.90. The molecule has 0 saturated carbocycles. The van der Waals surface area contributed by atoms with Crippen LogP contribution in [0.5, 0.6) is 11.5 Å². The average molecular weight is 456 g/mol. The molecule has 1 aromatic heterocycles. The number of benzene rings is 2. The normalized spacial score (nSPS) is 20.3. The van der Waals surface area contributed by atoms with Gasteiger partial charge in [-0.2, -0.15) is 0 Å². The van der Waals surface area contributed by atoms with Gasteiger partial charge in [0.2, 0.25) is 0 Å². The Hall–Kier alpha value is -3.13. The SMILES string of the molecule is COc1ccc(OC)c(NC(=O)N2C[C@](c3ccc(C)c(F)c3)(c3nccs3)CC2C)c1. The Morgan fingerprint density at radius 2 is 2.06 bits per heavy atom. The summed E-state index contributed by atoms with van der Waals surface area (Å²) < 4.78 is 25.2. The van der Waals surface area contributed by atoms with Crippen LogP contribution in [-0.2, 0) is 5.41 Å². The van der Waals surface area contributed by atoms with E-state index in [1.54, 1.807) is 62.6 Å².